The summed E-state index contributed by atoms with van der Waals surface area (Å²) in [6, 6.07) is 16.2. The van der Waals surface area contributed by atoms with E-state index in [1.165, 1.54) is 5.56 Å². The van der Waals surface area contributed by atoms with E-state index in [2.05, 4.69) is 31.3 Å². The van der Waals surface area contributed by atoms with Crippen molar-refractivity contribution in [2.45, 2.75) is 40.3 Å². The fraction of sp³-hybridized carbons (Fsp3) is 0.400. The molecule has 0 radical (unpaired) electrons. The van der Waals surface area contributed by atoms with Gasteiger partial charge in [0.15, 0.2) is 0 Å². The van der Waals surface area contributed by atoms with Crippen molar-refractivity contribution in [1.82, 2.24) is 0 Å². The molecule has 0 heterocycles. The van der Waals surface area contributed by atoms with Gasteiger partial charge in [-0.1, -0.05) is 38.1 Å². The lowest BCUT2D eigenvalue weighted by Gasteiger charge is -2.16. The van der Waals surface area contributed by atoms with Crippen molar-refractivity contribution in [1.29, 1.82) is 0 Å². The molecule has 3 heteroatoms. The standard InChI is InChI=1S/C20H27NO2/c1-15(2)14-22-18-9-7-8-17(12-18)13-21-19-10-5-6-11-20(19)23-16(3)4/h5-12,15-16,21H,13-14H2,1-4H3. The molecule has 2 aromatic rings. The quantitative estimate of drug-likeness (QED) is 0.733. The molecule has 0 aliphatic heterocycles. The Kier molecular flexibility index (Phi) is 6.33. The highest BCUT2D eigenvalue weighted by Crippen LogP contribution is 2.25. The van der Waals surface area contributed by atoms with Crippen molar-refractivity contribution >= 4 is 5.69 Å². The number of hydrogen-bond acceptors (Lipinski definition) is 3. The Morgan fingerprint density at radius 1 is 0.957 bits per heavy atom. The first-order valence-electron chi connectivity index (χ1n) is 8.26. The predicted molar refractivity (Wildman–Crippen MR) is 96.3 cm³/mol. The van der Waals surface area contributed by atoms with E-state index in [1.807, 2.05) is 50.2 Å². The Bertz CT molecular complexity index is 608. The summed E-state index contributed by atoms with van der Waals surface area (Å²) >= 11 is 0. The van der Waals surface area contributed by atoms with Gasteiger partial charge in [0.1, 0.15) is 11.5 Å². The van der Waals surface area contributed by atoms with Crippen LogP contribution in [-0.4, -0.2) is 12.7 Å². The maximum absolute atomic E-state index is 5.84. The number of ether oxygens (including phenoxy) is 2. The summed E-state index contributed by atoms with van der Waals surface area (Å²) in [7, 11) is 0. The predicted octanol–water partition coefficient (Wildman–Crippen LogP) is 5.12. The summed E-state index contributed by atoms with van der Waals surface area (Å²) in [5.41, 5.74) is 2.19. The molecule has 0 amide bonds. The summed E-state index contributed by atoms with van der Waals surface area (Å²) in [6.07, 6.45) is 0.158. The van der Waals surface area contributed by atoms with Gasteiger partial charge in [-0.3, -0.25) is 0 Å². The summed E-state index contributed by atoms with van der Waals surface area (Å²) < 4.78 is 11.6. The molecule has 0 saturated carbocycles. The fourth-order valence-electron chi connectivity index (χ4n) is 2.17. The van der Waals surface area contributed by atoms with Crippen molar-refractivity contribution in [3.8, 4) is 11.5 Å². The molecule has 0 atom stereocenters. The first kappa shape index (κ1) is 17.2. The molecule has 0 aliphatic carbocycles. The van der Waals surface area contributed by atoms with Crippen molar-refractivity contribution in [2.75, 3.05) is 11.9 Å². The number of anilines is 1. The zero-order valence-corrected chi connectivity index (χ0v) is 14.5. The second-order valence-corrected chi connectivity index (χ2v) is 6.37. The summed E-state index contributed by atoms with van der Waals surface area (Å²) in [6.45, 7) is 9.84. The monoisotopic (exact) mass is 313 g/mol. The van der Waals surface area contributed by atoms with Crippen LogP contribution in [0, 0.1) is 5.92 Å². The normalized spacial score (nSPS) is 10.9. The number of hydrogen-bond donors (Lipinski definition) is 1. The Labute approximate surface area is 139 Å². The molecule has 0 saturated heterocycles. The van der Waals surface area contributed by atoms with Crippen LogP contribution in [0.5, 0.6) is 11.5 Å². The van der Waals surface area contributed by atoms with Crippen molar-refractivity contribution in [3.05, 3.63) is 54.1 Å². The molecule has 2 aromatic carbocycles. The van der Waals surface area contributed by atoms with E-state index in [-0.39, 0.29) is 6.10 Å². The van der Waals surface area contributed by atoms with E-state index in [0.29, 0.717) is 5.92 Å². The lowest BCUT2D eigenvalue weighted by molar-refractivity contribution is 0.243. The van der Waals surface area contributed by atoms with E-state index in [1.54, 1.807) is 0 Å². The number of para-hydroxylation sites is 2. The van der Waals surface area contributed by atoms with Crippen LogP contribution in [0.4, 0.5) is 5.69 Å². The van der Waals surface area contributed by atoms with Gasteiger partial charge in [0.2, 0.25) is 0 Å². The molecule has 3 nitrogen and oxygen atoms in total. The zero-order valence-electron chi connectivity index (χ0n) is 14.5. The van der Waals surface area contributed by atoms with Crippen molar-refractivity contribution < 1.29 is 9.47 Å². The summed E-state index contributed by atoms with van der Waals surface area (Å²) in [5.74, 6) is 2.33. The van der Waals surface area contributed by atoms with E-state index < -0.39 is 0 Å². The van der Waals surface area contributed by atoms with Gasteiger partial charge in [-0.05, 0) is 49.6 Å². The second kappa shape index (κ2) is 8.47. The average Bonchev–Trinajstić information content (AvgIpc) is 2.52. The lowest BCUT2D eigenvalue weighted by atomic mass is 10.2. The molecule has 0 aromatic heterocycles. The van der Waals surface area contributed by atoms with Gasteiger partial charge >= 0.3 is 0 Å². The van der Waals surface area contributed by atoms with Crippen LogP contribution in [0.15, 0.2) is 48.5 Å². The summed E-state index contributed by atoms with van der Waals surface area (Å²) in [4.78, 5) is 0. The highest BCUT2D eigenvalue weighted by molar-refractivity contribution is 5.56. The maximum Gasteiger partial charge on any atom is 0.142 e. The Morgan fingerprint density at radius 2 is 1.74 bits per heavy atom. The van der Waals surface area contributed by atoms with E-state index in [0.717, 1.165) is 30.3 Å². The average molecular weight is 313 g/mol. The molecular formula is C20H27NO2. The van der Waals surface area contributed by atoms with Gasteiger partial charge in [-0.2, -0.15) is 0 Å². The molecule has 2 rings (SSSR count). The molecule has 0 unspecified atom stereocenters. The minimum atomic E-state index is 0.158. The number of rotatable bonds is 8. The van der Waals surface area contributed by atoms with Crippen molar-refractivity contribution in [2.24, 2.45) is 5.92 Å². The van der Waals surface area contributed by atoms with Gasteiger partial charge in [-0.15, -0.1) is 0 Å². The van der Waals surface area contributed by atoms with Crippen LogP contribution in [0.25, 0.3) is 0 Å². The maximum atomic E-state index is 5.84. The highest BCUT2D eigenvalue weighted by atomic mass is 16.5. The molecule has 0 fully saturated rings. The Morgan fingerprint density at radius 3 is 2.48 bits per heavy atom. The van der Waals surface area contributed by atoms with Crippen molar-refractivity contribution in [3.63, 3.8) is 0 Å². The molecule has 1 N–H and O–H groups in total. The van der Waals surface area contributed by atoms with E-state index in [9.17, 15) is 0 Å². The van der Waals surface area contributed by atoms with Crippen LogP contribution in [-0.2, 0) is 6.54 Å². The Balaban J connectivity index is 1.99. The second-order valence-electron chi connectivity index (χ2n) is 6.37. The number of nitrogens with one attached hydrogen (secondary N) is 1. The lowest BCUT2D eigenvalue weighted by Crippen LogP contribution is -2.09. The van der Waals surface area contributed by atoms with E-state index >= 15 is 0 Å². The van der Waals surface area contributed by atoms with Gasteiger partial charge in [-0.25, -0.2) is 0 Å². The van der Waals surface area contributed by atoms with Gasteiger partial charge in [0.25, 0.3) is 0 Å². The zero-order chi connectivity index (χ0) is 16.7. The van der Waals surface area contributed by atoms with Gasteiger partial charge in [0.05, 0.1) is 18.4 Å². The first-order valence-corrected chi connectivity index (χ1v) is 8.26. The Hall–Kier alpha value is -2.16. The molecule has 23 heavy (non-hydrogen) atoms. The minimum Gasteiger partial charge on any atom is -0.493 e. The fourth-order valence-corrected chi connectivity index (χ4v) is 2.17. The molecule has 124 valence electrons. The highest BCUT2D eigenvalue weighted by Gasteiger charge is 2.05. The summed E-state index contributed by atoms with van der Waals surface area (Å²) in [5, 5.41) is 3.45. The molecule has 0 aliphatic rings. The molecular weight excluding hydrogens is 286 g/mol. The SMILES string of the molecule is CC(C)COc1cccc(CNc2ccccc2OC(C)C)c1. The third-order valence-corrected chi connectivity index (χ3v) is 3.21. The smallest absolute Gasteiger partial charge is 0.142 e. The molecule has 0 bridgehead atoms. The van der Waals surface area contributed by atoms with Gasteiger partial charge in [0, 0.05) is 6.54 Å². The first-order chi connectivity index (χ1) is 11.0. The number of benzene rings is 2. The van der Waals surface area contributed by atoms with Crippen LogP contribution in [0.1, 0.15) is 33.3 Å². The van der Waals surface area contributed by atoms with Crippen LogP contribution in [0.2, 0.25) is 0 Å². The van der Waals surface area contributed by atoms with Gasteiger partial charge < -0.3 is 14.8 Å². The van der Waals surface area contributed by atoms with Crippen LogP contribution in [0.3, 0.4) is 0 Å². The van der Waals surface area contributed by atoms with Crippen LogP contribution < -0.4 is 14.8 Å². The third kappa shape index (κ3) is 5.85. The minimum absolute atomic E-state index is 0.158. The van der Waals surface area contributed by atoms with E-state index in [4.69, 9.17) is 9.47 Å². The molecule has 0 spiro atoms. The van der Waals surface area contributed by atoms with Crippen LogP contribution >= 0.6 is 0 Å². The largest absolute Gasteiger partial charge is 0.493 e. The topological polar surface area (TPSA) is 30.5 Å². The third-order valence-electron chi connectivity index (χ3n) is 3.21.